The smallest absolute Gasteiger partial charge is 0.265 e. The molecule has 0 heterocycles. The first-order valence-electron chi connectivity index (χ1n) is 6.92. The molecule has 0 aliphatic carbocycles. The molecule has 0 aliphatic rings. The molecular formula is C15H21ClN4O3. The highest BCUT2D eigenvalue weighted by Crippen LogP contribution is 2.19. The second-order valence-corrected chi connectivity index (χ2v) is 5.98. The van der Waals surface area contributed by atoms with E-state index in [4.69, 9.17) is 22.2 Å². The predicted octanol–water partition coefficient (Wildman–Crippen LogP) is 1.79. The monoisotopic (exact) mass is 340 g/mol. The van der Waals surface area contributed by atoms with E-state index < -0.39 is 11.4 Å². The molecule has 0 saturated carbocycles. The predicted molar refractivity (Wildman–Crippen MR) is 90.3 cm³/mol. The molecule has 23 heavy (non-hydrogen) atoms. The Morgan fingerprint density at radius 1 is 1.39 bits per heavy atom. The van der Waals surface area contributed by atoms with Gasteiger partial charge in [-0.25, -0.2) is 0 Å². The number of nitrogens with one attached hydrogen (secondary N) is 2. The quantitative estimate of drug-likeness (QED) is 0.417. The van der Waals surface area contributed by atoms with E-state index in [0.29, 0.717) is 10.7 Å². The van der Waals surface area contributed by atoms with E-state index in [1.807, 2.05) is 6.92 Å². The van der Waals surface area contributed by atoms with Crippen molar-refractivity contribution in [3.8, 4) is 0 Å². The zero-order valence-corrected chi connectivity index (χ0v) is 14.3. The van der Waals surface area contributed by atoms with Gasteiger partial charge in [-0.1, -0.05) is 22.8 Å². The molecule has 0 radical (unpaired) electrons. The fraction of sp³-hybridized carbons (Fsp3) is 0.400. The zero-order chi connectivity index (χ0) is 17.6. The standard InChI is InChI=1S/C15H21ClN4O3/c1-9-5-6-11(7-12(9)16)18-13(22)8-23-20-14(17)15(3,4)19-10(2)21/h5-7H,8H2,1-4H3,(H2,17,20)(H,18,22)(H,19,21). The third kappa shape index (κ3) is 6.15. The van der Waals surface area contributed by atoms with E-state index in [9.17, 15) is 9.59 Å². The maximum atomic E-state index is 11.8. The van der Waals surface area contributed by atoms with Crippen LogP contribution in [0.2, 0.25) is 5.02 Å². The van der Waals surface area contributed by atoms with Gasteiger partial charge in [0, 0.05) is 17.6 Å². The maximum absolute atomic E-state index is 11.8. The van der Waals surface area contributed by atoms with Crippen molar-refractivity contribution in [3.63, 3.8) is 0 Å². The fourth-order valence-electron chi connectivity index (χ4n) is 1.65. The van der Waals surface area contributed by atoms with Crippen LogP contribution in [-0.2, 0) is 14.4 Å². The van der Waals surface area contributed by atoms with Crippen molar-refractivity contribution in [1.29, 1.82) is 0 Å². The van der Waals surface area contributed by atoms with Crippen molar-refractivity contribution in [1.82, 2.24) is 5.32 Å². The van der Waals surface area contributed by atoms with Crippen LogP contribution in [0.3, 0.4) is 0 Å². The number of benzene rings is 1. The van der Waals surface area contributed by atoms with Crippen LogP contribution < -0.4 is 16.4 Å². The Morgan fingerprint density at radius 3 is 2.61 bits per heavy atom. The molecule has 0 bridgehead atoms. The van der Waals surface area contributed by atoms with Gasteiger partial charge in [0.05, 0.1) is 5.54 Å². The van der Waals surface area contributed by atoms with E-state index in [-0.39, 0.29) is 18.3 Å². The molecule has 7 nitrogen and oxygen atoms in total. The lowest BCUT2D eigenvalue weighted by molar-refractivity contribution is -0.121. The van der Waals surface area contributed by atoms with E-state index in [2.05, 4.69) is 15.8 Å². The third-order valence-electron chi connectivity index (χ3n) is 2.94. The summed E-state index contributed by atoms with van der Waals surface area (Å²) in [5.74, 6) is -0.597. The Morgan fingerprint density at radius 2 is 2.04 bits per heavy atom. The minimum absolute atomic E-state index is 0.0545. The summed E-state index contributed by atoms with van der Waals surface area (Å²) in [6.07, 6.45) is 0. The van der Waals surface area contributed by atoms with Crippen molar-refractivity contribution in [2.24, 2.45) is 10.9 Å². The largest absolute Gasteiger partial charge is 0.384 e. The Bertz CT molecular complexity index is 629. The fourth-order valence-corrected chi connectivity index (χ4v) is 1.83. The molecule has 0 atom stereocenters. The number of hydrogen-bond acceptors (Lipinski definition) is 4. The van der Waals surface area contributed by atoms with Gasteiger partial charge in [-0.3, -0.25) is 9.59 Å². The molecule has 8 heteroatoms. The molecule has 126 valence electrons. The second kappa shape index (κ2) is 7.82. The number of rotatable bonds is 6. The zero-order valence-electron chi connectivity index (χ0n) is 13.6. The number of nitrogens with two attached hydrogens (primary N) is 1. The number of oxime groups is 1. The summed E-state index contributed by atoms with van der Waals surface area (Å²) in [5.41, 5.74) is 6.34. The van der Waals surface area contributed by atoms with Gasteiger partial charge >= 0.3 is 0 Å². The van der Waals surface area contributed by atoms with Gasteiger partial charge < -0.3 is 21.2 Å². The highest BCUT2D eigenvalue weighted by atomic mass is 35.5. The molecule has 0 aliphatic heterocycles. The van der Waals surface area contributed by atoms with Gasteiger partial charge in [0.25, 0.3) is 5.91 Å². The molecule has 1 aromatic rings. The van der Waals surface area contributed by atoms with Crippen molar-refractivity contribution >= 4 is 34.9 Å². The molecule has 0 saturated heterocycles. The first-order valence-corrected chi connectivity index (χ1v) is 7.30. The summed E-state index contributed by atoms with van der Waals surface area (Å²) >= 11 is 5.98. The number of amides is 2. The minimum Gasteiger partial charge on any atom is -0.384 e. The Balaban J connectivity index is 2.54. The van der Waals surface area contributed by atoms with Crippen LogP contribution in [-0.4, -0.2) is 29.8 Å². The number of amidine groups is 1. The summed E-state index contributed by atoms with van der Waals surface area (Å²) < 4.78 is 0. The Labute approximate surface area is 140 Å². The summed E-state index contributed by atoms with van der Waals surface area (Å²) in [7, 11) is 0. The van der Waals surface area contributed by atoms with Gasteiger partial charge in [-0.2, -0.15) is 0 Å². The van der Waals surface area contributed by atoms with Crippen LogP contribution in [0.1, 0.15) is 26.3 Å². The van der Waals surface area contributed by atoms with Crippen LogP contribution >= 0.6 is 11.6 Å². The molecule has 1 aromatic carbocycles. The molecule has 2 amide bonds. The summed E-state index contributed by atoms with van der Waals surface area (Å²) in [4.78, 5) is 27.7. The van der Waals surface area contributed by atoms with E-state index >= 15 is 0 Å². The van der Waals surface area contributed by atoms with E-state index in [1.54, 1.807) is 32.0 Å². The Kier molecular flexibility index (Phi) is 6.38. The summed E-state index contributed by atoms with van der Waals surface area (Å²) in [6, 6.07) is 5.17. The first kappa shape index (κ1) is 18.8. The molecule has 1 rings (SSSR count). The van der Waals surface area contributed by atoms with Crippen molar-refractivity contribution in [2.45, 2.75) is 33.2 Å². The van der Waals surface area contributed by atoms with Crippen LogP contribution in [0, 0.1) is 6.92 Å². The normalized spacial score (nSPS) is 11.8. The Hall–Kier alpha value is -2.28. The summed E-state index contributed by atoms with van der Waals surface area (Å²) in [6.45, 7) is 6.26. The number of nitrogens with zero attached hydrogens (tertiary/aromatic N) is 1. The highest BCUT2D eigenvalue weighted by Gasteiger charge is 2.24. The molecule has 0 spiro atoms. The van der Waals surface area contributed by atoms with Crippen molar-refractivity contribution in [2.75, 3.05) is 11.9 Å². The van der Waals surface area contributed by atoms with Crippen LogP contribution in [0.25, 0.3) is 0 Å². The number of halogens is 1. The van der Waals surface area contributed by atoms with Gasteiger partial charge in [0.1, 0.15) is 0 Å². The van der Waals surface area contributed by atoms with Crippen LogP contribution in [0.4, 0.5) is 5.69 Å². The SMILES string of the molecule is CC(=O)NC(C)(C)C(N)=NOCC(=O)Nc1ccc(C)c(Cl)c1. The molecule has 4 N–H and O–H groups in total. The molecular weight excluding hydrogens is 320 g/mol. The first-order chi connectivity index (χ1) is 10.6. The van der Waals surface area contributed by atoms with E-state index in [0.717, 1.165) is 5.56 Å². The lowest BCUT2D eigenvalue weighted by Gasteiger charge is -2.24. The van der Waals surface area contributed by atoms with Crippen molar-refractivity contribution < 1.29 is 14.4 Å². The van der Waals surface area contributed by atoms with Crippen LogP contribution in [0.15, 0.2) is 23.4 Å². The minimum atomic E-state index is -0.868. The number of hydrogen-bond donors (Lipinski definition) is 3. The van der Waals surface area contributed by atoms with Gasteiger partial charge in [0.15, 0.2) is 12.4 Å². The third-order valence-corrected chi connectivity index (χ3v) is 3.35. The van der Waals surface area contributed by atoms with Crippen LogP contribution in [0.5, 0.6) is 0 Å². The van der Waals surface area contributed by atoms with E-state index in [1.165, 1.54) is 6.92 Å². The summed E-state index contributed by atoms with van der Waals surface area (Å²) in [5, 5.41) is 9.46. The number of aryl methyl sites for hydroxylation is 1. The lowest BCUT2D eigenvalue weighted by atomic mass is 10.0. The average Bonchev–Trinajstić information content (AvgIpc) is 2.41. The maximum Gasteiger partial charge on any atom is 0.265 e. The van der Waals surface area contributed by atoms with Gasteiger partial charge in [-0.15, -0.1) is 0 Å². The van der Waals surface area contributed by atoms with Crippen molar-refractivity contribution in [3.05, 3.63) is 28.8 Å². The number of anilines is 1. The molecule has 0 aromatic heterocycles. The topological polar surface area (TPSA) is 106 Å². The lowest BCUT2D eigenvalue weighted by Crippen LogP contribution is -2.52. The number of carbonyl (C=O) groups excluding carboxylic acids is 2. The number of carbonyl (C=O) groups is 2. The van der Waals surface area contributed by atoms with Gasteiger partial charge in [0.2, 0.25) is 5.91 Å². The van der Waals surface area contributed by atoms with Gasteiger partial charge in [-0.05, 0) is 38.5 Å². The second-order valence-electron chi connectivity index (χ2n) is 5.57. The average molecular weight is 341 g/mol. The molecule has 0 fully saturated rings. The molecule has 0 unspecified atom stereocenters. The highest BCUT2D eigenvalue weighted by molar-refractivity contribution is 6.31.